The van der Waals surface area contributed by atoms with Crippen molar-refractivity contribution in [2.45, 2.75) is 38.1 Å². The van der Waals surface area contributed by atoms with Crippen LogP contribution in [0.15, 0.2) is 0 Å². The zero-order valence-electron chi connectivity index (χ0n) is 7.53. The molecule has 1 fully saturated rings. The molecule has 1 aliphatic rings. The van der Waals surface area contributed by atoms with Gasteiger partial charge in [0.05, 0.1) is 0 Å². The van der Waals surface area contributed by atoms with Gasteiger partial charge in [0.15, 0.2) is 0 Å². The van der Waals surface area contributed by atoms with Crippen LogP contribution in [0.5, 0.6) is 0 Å². The third-order valence-corrected chi connectivity index (χ3v) is 2.60. The minimum absolute atomic E-state index is 0.0976. The summed E-state index contributed by atoms with van der Waals surface area (Å²) in [6, 6.07) is 0.0976. The largest absolute Gasteiger partial charge is 0.465 e. The SMILES string of the molecule is O=CC[C@H]1CC[C@@H](NC(=O)O)CC1. The summed E-state index contributed by atoms with van der Waals surface area (Å²) in [5.74, 6) is 0.476. The minimum atomic E-state index is -0.946. The Balaban J connectivity index is 2.22. The van der Waals surface area contributed by atoms with E-state index in [1.807, 2.05) is 0 Å². The van der Waals surface area contributed by atoms with E-state index in [-0.39, 0.29) is 6.04 Å². The molecule has 0 atom stereocenters. The van der Waals surface area contributed by atoms with Gasteiger partial charge in [-0.1, -0.05) is 0 Å². The number of rotatable bonds is 3. The normalized spacial score (nSPS) is 28.0. The van der Waals surface area contributed by atoms with Crippen molar-refractivity contribution in [3.8, 4) is 0 Å². The number of carbonyl (C=O) groups is 2. The summed E-state index contributed by atoms with van der Waals surface area (Å²) in [5, 5.41) is 10.9. The predicted molar refractivity (Wildman–Crippen MR) is 47.6 cm³/mol. The molecule has 0 aliphatic heterocycles. The smallest absolute Gasteiger partial charge is 0.404 e. The van der Waals surface area contributed by atoms with Crippen molar-refractivity contribution in [2.75, 3.05) is 0 Å². The third-order valence-electron chi connectivity index (χ3n) is 2.60. The minimum Gasteiger partial charge on any atom is -0.465 e. The molecule has 0 saturated heterocycles. The van der Waals surface area contributed by atoms with E-state index in [9.17, 15) is 9.59 Å². The molecule has 2 N–H and O–H groups in total. The molecule has 1 saturated carbocycles. The third kappa shape index (κ3) is 3.44. The molecule has 0 unspecified atom stereocenters. The molecular weight excluding hydrogens is 170 g/mol. The van der Waals surface area contributed by atoms with E-state index >= 15 is 0 Å². The fourth-order valence-electron chi connectivity index (χ4n) is 1.85. The van der Waals surface area contributed by atoms with E-state index in [2.05, 4.69) is 5.32 Å². The molecule has 1 rings (SSSR count). The molecule has 0 bridgehead atoms. The van der Waals surface area contributed by atoms with Crippen LogP contribution in [0.2, 0.25) is 0 Å². The zero-order valence-corrected chi connectivity index (χ0v) is 7.53. The van der Waals surface area contributed by atoms with E-state index < -0.39 is 6.09 Å². The highest BCUT2D eigenvalue weighted by Crippen LogP contribution is 2.25. The molecule has 0 aromatic carbocycles. The van der Waals surface area contributed by atoms with Gasteiger partial charge in [0.25, 0.3) is 0 Å². The van der Waals surface area contributed by atoms with Gasteiger partial charge in [-0.05, 0) is 31.6 Å². The Morgan fingerprint density at radius 3 is 2.46 bits per heavy atom. The van der Waals surface area contributed by atoms with E-state index in [0.29, 0.717) is 12.3 Å². The fraction of sp³-hybridized carbons (Fsp3) is 0.778. The summed E-state index contributed by atoms with van der Waals surface area (Å²) in [7, 11) is 0. The molecule has 0 radical (unpaired) electrons. The van der Waals surface area contributed by atoms with E-state index in [1.165, 1.54) is 0 Å². The van der Waals surface area contributed by atoms with Crippen LogP contribution < -0.4 is 5.32 Å². The lowest BCUT2D eigenvalue weighted by atomic mass is 9.84. The quantitative estimate of drug-likeness (QED) is 0.653. The number of carbonyl (C=O) groups excluding carboxylic acids is 1. The first-order chi connectivity index (χ1) is 6.22. The van der Waals surface area contributed by atoms with Crippen molar-refractivity contribution in [3.05, 3.63) is 0 Å². The summed E-state index contributed by atoms with van der Waals surface area (Å²) in [6.45, 7) is 0. The van der Waals surface area contributed by atoms with Gasteiger partial charge in [-0.3, -0.25) is 0 Å². The number of hydrogen-bond acceptors (Lipinski definition) is 2. The van der Waals surface area contributed by atoms with Crippen molar-refractivity contribution >= 4 is 12.4 Å². The van der Waals surface area contributed by atoms with E-state index in [0.717, 1.165) is 32.0 Å². The second-order valence-electron chi connectivity index (χ2n) is 3.57. The summed E-state index contributed by atoms with van der Waals surface area (Å²) >= 11 is 0. The van der Waals surface area contributed by atoms with Crippen LogP contribution in [0.3, 0.4) is 0 Å². The molecule has 4 nitrogen and oxygen atoms in total. The topological polar surface area (TPSA) is 66.4 Å². The lowest BCUT2D eigenvalue weighted by molar-refractivity contribution is -0.108. The number of hydrogen-bond donors (Lipinski definition) is 2. The lowest BCUT2D eigenvalue weighted by Gasteiger charge is -2.26. The maximum absolute atomic E-state index is 10.3. The van der Waals surface area contributed by atoms with Crippen molar-refractivity contribution in [1.82, 2.24) is 5.32 Å². The van der Waals surface area contributed by atoms with Crippen molar-refractivity contribution in [1.29, 1.82) is 0 Å². The average Bonchev–Trinajstić information content (AvgIpc) is 2.08. The maximum Gasteiger partial charge on any atom is 0.404 e. The predicted octanol–water partition coefficient (Wildman–Crippen LogP) is 1.40. The van der Waals surface area contributed by atoms with Crippen LogP contribution in [0.25, 0.3) is 0 Å². The monoisotopic (exact) mass is 185 g/mol. The van der Waals surface area contributed by atoms with Crippen LogP contribution in [0.4, 0.5) is 4.79 Å². The Morgan fingerprint density at radius 2 is 2.00 bits per heavy atom. The first-order valence-corrected chi connectivity index (χ1v) is 4.65. The van der Waals surface area contributed by atoms with Gasteiger partial charge in [-0.25, -0.2) is 4.79 Å². The average molecular weight is 185 g/mol. The standard InChI is InChI=1S/C9H15NO3/c11-6-5-7-1-3-8(4-2-7)10-9(12)13/h6-8,10H,1-5H2,(H,12,13)/t7-,8+. The number of amides is 1. The molecular formula is C9H15NO3. The molecule has 13 heavy (non-hydrogen) atoms. The van der Waals surface area contributed by atoms with Gasteiger partial charge in [0.2, 0.25) is 0 Å². The van der Waals surface area contributed by atoms with Crippen molar-refractivity contribution < 1.29 is 14.7 Å². The number of carboxylic acid groups (broad SMARTS) is 1. The number of aldehydes is 1. The van der Waals surface area contributed by atoms with Crippen molar-refractivity contribution in [2.24, 2.45) is 5.92 Å². The lowest BCUT2D eigenvalue weighted by Crippen LogP contribution is -2.36. The molecule has 1 amide bonds. The summed E-state index contributed by atoms with van der Waals surface area (Å²) < 4.78 is 0. The van der Waals surface area contributed by atoms with Crippen LogP contribution in [0, 0.1) is 5.92 Å². The second-order valence-corrected chi connectivity index (χ2v) is 3.57. The molecule has 0 heterocycles. The maximum atomic E-state index is 10.3. The molecule has 4 heteroatoms. The van der Waals surface area contributed by atoms with Gasteiger partial charge in [-0.15, -0.1) is 0 Å². The highest BCUT2D eigenvalue weighted by Gasteiger charge is 2.21. The molecule has 0 aromatic rings. The number of nitrogens with one attached hydrogen (secondary N) is 1. The van der Waals surface area contributed by atoms with Gasteiger partial charge < -0.3 is 15.2 Å². The Morgan fingerprint density at radius 1 is 1.38 bits per heavy atom. The van der Waals surface area contributed by atoms with Crippen LogP contribution in [-0.2, 0) is 4.79 Å². The Labute approximate surface area is 77.3 Å². The van der Waals surface area contributed by atoms with Crippen LogP contribution in [0.1, 0.15) is 32.1 Å². The van der Waals surface area contributed by atoms with E-state index in [1.54, 1.807) is 0 Å². The Bertz CT molecular complexity index is 185. The van der Waals surface area contributed by atoms with Gasteiger partial charge in [0, 0.05) is 12.5 Å². The van der Waals surface area contributed by atoms with Crippen molar-refractivity contribution in [3.63, 3.8) is 0 Å². The zero-order chi connectivity index (χ0) is 9.68. The summed E-state index contributed by atoms with van der Waals surface area (Å²) in [5.41, 5.74) is 0. The van der Waals surface area contributed by atoms with Gasteiger partial charge in [0.1, 0.15) is 6.29 Å². The summed E-state index contributed by atoms with van der Waals surface area (Å²) in [6.07, 6.45) is 4.29. The molecule has 0 spiro atoms. The van der Waals surface area contributed by atoms with E-state index in [4.69, 9.17) is 5.11 Å². The van der Waals surface area contributed by atoms with Gasteiger partial charge in [-0.2, -0.15) is 0 Å². The Hall–Kier alpha value is -1.06. The summed E-state index contributed by atoms with van der Waals surface area (Å²) in [4.78, 5) is 20.5. The first-order valence-electron chi connectivity index (χ1n) is 4.65. The highest BCUT2D eigenvalue weighted by atomic mass is 16.4. The fourth-order valence-corrected chi connectivity index (χ4v) is 1.85. The second kappa shape index (κ2) is 4.84. The highest BCUT2D eigenvalue weighted by molar-refractivity contribution is 5.64. The van der Waals surface area contributed by atoms with Gasteiger partial charge >= 0.3 is 6.09 Å². The molecule has 74 valence electrons. The molecule has 0 aromatic heterocycles. The molecule has 1 aliphatic carbocycles. The Kier molecular flexibility index (Phi) is 3.73. The first kappa shape index (κ1) is 10.0. The van der Waals surface area contributed by atoms with Crippen LogP contribution in [-0.4, -0.2) is 23.5 Å². The van der Waals surface area contributed by atoms with Crippen LogP contribution >= 0.6 is 0 Å².